The smallest absolute Gasteiger partial charge is 0.251 e. The van der Waals surface area contributed by atoms with Gasteiger partial charge in [0.15, 0.2) is 0 Å². The third kappa shape index (κ3) is 5.23. The minimum atomic E-state index is 0.00460. The minimum absolute atomic E-state index is 0.00460. The summed E-state index contributed by atoms with van der Waals surface area (Å²) in [5.74, 6) is 0.792. The van der Waals surface area contributed by atoms with E-state index in [1.807, 2.05) is 12.1 Å². The van der Waals surface area contributed by atoms with Crippen molar-refractivity contribution < 1.29 is 4.79 Å². The third-order valence-electron chi connectivity index (χ3n) is 5.88. The van der Waals surface area contributed by atoms with E-state index in [4.69, 9.17) is 0 Å². The largest absolute Gasteiger partial charge is 0.345 e. The minimum Gasteiger partial charge on any atom is -0.345 e. The fourth-order valence-electron chi connectivity index (χ4n) is 4.31. The summed E-state index contributed by atoms with van der Waals surface area (Å²) in [6, 6.07) is 14.6. The molecule has 1 N–H and O–H groups in total. The molecular weight excluding hydrogens is 344 g/mol. The van der Waals surface area contributed by atoms with E-state index in [-0.39, 0.29) is 11.9 Å². The Morgan fingerprint density at radius 3 is 2.57 bits per heavy atom. The summed E-state index contributed by atoms with van der Waals surface area (Å²) in [7, 11) is 0. The normalized spacial score (nSPS) is 18.6. The molecule has 0 aliphatic carbocycles. The van der Waals surface area contributed by atoms with Gasteiger partial charge in [0.2, 0.25) is 0 Å². The summed E-state index contributed by atoms with van der Waals surface area (Å²) in [5.41, 5.74) is 5.71. The predicted octanol–water partition coefficient (Wildman–Crippen LogP) is 5.42. The monoisotopic (exact) mass is 378 g/mol. The van der Waals surface area contributed by atoms with Gasteiger partial charge in [0.25, 0.3) is 5.91 Å². The molecule has 1 aliphatic rings. The lowest BCUT2D eigenvalue weighted by molar-refractivity contribution is 0.0935. The van der Waals surface area contributed by atoms with Gasteiger partial charge in [0.05, 0.1) is 6.04 Å². The highest BCUT2D eigenvalue weighted by Gasteiger charge is 2.18. The maximum atomic E-state index is 12.8. The van der Waals surface area contributed by atoms with Crippen LogP contribution < -0.4 is 5.32 Å². The Morgan fingerprint density at radius 2 is 1.93 bits per heavy atom. The highest BCUT2D eigenvalue weighted by Crippen LogP contribution is 2.23. The van der Waals surface area contributed by atoms with Crippen molar-refractivity contribution in [2.45, 2.75) is 59.5 Å². The average Bonchev–Trinajstić information content (AvgIpc) is 2.67. The molecule has 1 fully saturated rings. The Labute approximate surface area is 170 Å². The van der Waals surface area contributed by atoms with E-state index in [1.54, 1.807) is 0 Å². The molecule has 2 aromatic carbocycles. The maximum Gasteiger partial charge on any atom is 0.251 e. The Hall–Kier alpha value is -2.13. The second-order valence-electron chi connectivity index (χ2n) is 8.47. The van der Waals surface area contributed by atoms with Crippen molar-refractivity contribution in [1.29, 1.82) is 0 Å². The van der Waals surface area contributed by atoms with Gasteiger partial charge < -0.3 is 5.32 Å². The van der Waals surface area contributed by atoms with Gasteiger partial charge in [0, 0.05) is 18.7 Å². The van der Waals surface area contributed by atoms with Crippen molar-refractivity contribution in [2.75, 3.05) is 13.1 Å². The Bertz CT molecular complexity index is 797. The molecule has 3 heteroatoms. The van der Waals surface area contributed by atoms with Crippen molar-refractivity contribution in [2.24, 2.45) is 5.92 Å². The van der Waals surface area contributed by atoms with Crippen LogP contribution >= 0.6 is 0 Å². The van der Waals surface area contributed by atoms with E-state index < -0.39 is 0 Å². The molecule has 0 spiro atoms. The molecule has 0 aromatic heterocycles. The molecule has 0 saturated carbocycles. The number of amides is 1. The summed E-state index contributed by atoms with van der Waals surface area (Å²) in [6.07, 6.45) is 3.51. The first-order valence-electron chi connectivity index (χ1n) is 10.7. The summed E-state index contributed by atoms with van der Waals surface area (Å²) in [4.78, 5) is 15.3. The molecule has 1 heterocycles. The molecule has 0 radical (unpaired) electrons. The first kappa shape index (κ1) is 20.6. The number of carbonyl (C=O) groups is 1. The van der Waals surface area contributed by atoms with E-state index in [1.165, 1.54) is 48.2 Å². The lowest BCUT2D eigenvalue weighted by Crippen LogP contribution is -2.33. The number of likely N-dealkylation sites (tertiary alicyclic amines) is 1. The number of benzene rings is 2. The van der Waals surface area contributed by atoms with Crippen LogP contribution in [0.4, 0.5) is 0 Å². The summed E-state index contributed by atoms with van der Waals surface area (Å²) in [5, 5.41) is 3.22. The van der Waals surface area contributed by atoms with Crippen molar-refractivity contribution in [1.82, 2.24) is 10.2 Å². The van der Waals surface area contributed by atoms with Crippen molar-refractivity contribution in [3.8, 4) is 0 Å². The second-order valence-corrected chi connectivity index (χ2v) is 8.47. The van der Waals surface area contributed by atoms with Crippen LogP contribution in [-0.4, -0.2) is 23.9 Å². The fraction of sp³-hybridized carbons (Fsp3) is 0.480. The van der Waals surface area contributed by atoms with E-state index in [0.29, 0.717) is 0 Å². The van der Waals surface area contributed by atoms with Gasteiger partial charge >= 0.3 is 0 Å². The molecule has 1 saturated heterocycles. The van der Waals surface area contributed by atoms with Gasteiger partial charge in [-0.05, 0) is 74.4 Å². The second kappa shape index (κ2) is 9.38. The number of nitrogens with one attached hydrogen (secondary N) is 1. The maximum absolute atomic E-state index is 12.8. The van der Waals surface area contributed by atoms with Crippen LogP contribution in [0.15, 0.2) is 42.5 Å². The molecule has 2 aromatic rings. The lowest BCUT2D eigenvalue weighted by atomic mass is 9.97. The third-order valence-corrected chi connectivity index (χ3v) is 5.88. The van der Waals surface area contributed by atoms with E-state index in [9.17, 15) is 4.79 Å². The molecule has 28 heavy (non-hydrogen) atoms. The first-order chi connectivity index (χ1) is 13.5. The Morgan fingerprint density at radius 1 is 1.18 bits per heavy atom. The van der Waals surface area contributed by atoms with E-state index >= 15 is 0 Å². The summed E-state index contributed by atoms with van der Waals surface area (Å²) < 4.78 is 0. The molecule has 1 amide bonds. The topological polar surface area (TPSA) is 32.3 Å². The number of carbonyl (C=O) groups excluding carboxylic acids is 1. The van der Waals surface area contributed by atoms with Crippen molar-refractivity contribution >= 4 is 5.91 Å². The van der Waals surface area contributed by atoms with E-state index in [2.05, 4.69) is 68.2 Å². The SMILES string of the molecule is CC[C@@H](NC(=O)c1ccc(CN2CCC[C@H](C)C2)cc1)c1ccc(C)cc1C. The van der Waals surface area contributed by atoms with Gasteiger partial charge in [-0.3, -0.25) is 9.69 Å². The Balaban J connectivity index is 1.63. The zero-order valence-electron chi connectivity index (χ0n) is 17.8. The zero-order valence-corrected chi connectivity index (χ0v) is 17.8. The highest BCUT2D eigenvalue weighted by atomic mass is 16.1. The van der Waals surface area contributed by atoms with Crippen molar-refractivity contribution in [3.63, 3.8) is 0 Å². The first-order valence-corrected chi connectivity index (χ1v) is 10.7. The Kier molecular flexibility index (Phi) is 6.90. The van der Waals surface area contributed by atoms with Gasteiger partial charge in [0.1, 0.15) is 0 Å². The summed E-state index contributed by atoms with van der Waals surface area (Å²) >= 11 is 0. The molecule has 1 aliphatic heterocycles. The molecule has 3 nitrogen and oxygen atoms in total. The fourth-order valence-corrected chi connectivity index (χ4v) is 4.31. The molecule has 0 unspecified atom stereocenters. The van der Waals surface area contributed by atoms with Gasteiger partial charge in [-0.15, -0.1) is 0 Å². The number of hydrogen-bond donors (Lipinski definition) is 1. The number of piperidine rings is 1. The molecule has 3 rings (SSSR count). The van der Waals surface area contributed by atoms with Gasteiger partial charge in [-0.1, -0.05) is 49.7 Å². The summed E-state index contributed by atoms with van der Waals surface area (Å²) in [6.45, 7) is 12.0. The van der Waals surface area contributed by atoms with Crippen LogP contribution in [0.25, 0.3) is 0 Å². The number of aryl methyl sites for hydroxylation is 2. The molecule has 0 bridgehead atoms. The number of hydrogen-bond acceptors (Lipinski definition) is 2. The van der Waals surface area contributed by atoms with Gasteiger partial charge in [-0.2, -0.15) is 0 Å². The molecule has 150 valence electrons. The van der Waals surface area contributed by atoms with Crippen LogP contribution in [0, 0.1) is 19.8 Å². The van der Waals surface area contributed by atoms with Crippen molar-refractivity contribution in [3.05, 3.63) is 70.3 Å². The predicted molar refractivity (Wildman–Crippen MR) is 117 cm³/mol. The van der Waals surface area contributed by atoms with E-state index in [0.717, 1.165) is 24.4 Å². The van der Waals surface area contributed by atoms with Gasteiger partial charge in [-0.25, -0.2) is 0 Å². The molecule has 2 atom stereocenters. The lowest BCUT2D eigenvalue weighted by Gasteiger charge is -2.30. The zero-order chi connectivity index (χ0) is 20.1. The highest BCUT2D eigenvalue weighted by molar-refractivity contribution is 5.94. The van der Waals surface area contributed by atoms with Crippen LogP contribution in [0.3, 0.4) is 0 Å². The quantitative estimate of drug-likeness (QED) is 0.728. The van der Waals surface area contributed by atoms with Crippen LogP contribution in [-0.2, 0) is 6.54 Å². The van der Waals surface area contributed by atoms with Crippen LogP contribution in [0.1, 0.15) is 71.8 Å². The van der Waals surface area contributed by atoms with Crippen LogP contribution in [0.2, 0.25) is 0 Å². The van der Waals surface area contributed by atoms with Crippen LogP contribution in [0.5, 0.6) is 0 Å². The number of rotatable bonds is 6. The standard InChI is InChI=1S/C25H34N2O/c1-5-24(23-13-8-18(2)15-20(23)4)26-25(28)22-11-9-21(10-12-22)17-27-14-6-7-19(3)16-27/h8-13,15,19,24H,5-7,14,16-17H2,1-4H3,(H,26,28)/t19-,24+/m0/s1. The molecular formula is C25H34N2O. The average molecular weight is 379 g/mol. The number of nitrogens with zero attached hydrogens (tertiary/aromatic N) is 1.